The Morgan fingerprint density at radius 1 is 1.33 bits per heavy atom. The molecule has 0 aromatic heterocycles. The van der Waals surface area contributed by atoms with Gasteiger partial charge >= 0.3 is 0 Å². The van der Waals surface area contributed by atoms with Crippen LogP contribution in [0.25, 0.3) is 5.70 Å². The van der Waals surface area contributed by atoms with Gasteiger partial charge < -0.3 is 26.2 Å². The molecule has 0 bridgehead atoms. The Morgan fingerprint density at radius 3 is 2.70 bits per heavy atom. The Bertz CT molecular complexity index is 1110. The number of rotatable bonds is 7. The summed E-state index contributed by atoms with van der Waals surface area (Å²) in [6.07, 6.45) is 3.32. The van der Waals surface area contributed by atoms with Gasteiger partial charge in [0.25, 0.3) is 0 Å². The average Bonchev–Trinajstić information content (AvgIpc) is 2.83. The number of hydrogen-bond donors (Lipinski definition) is 4. The maximum absolute atomic E-state index is 15.4. The van der Waals surface area contributed by atoms with Crippen molar-refractivity contribution in [3.8, 4) is 0 Å². The number of anilines is 1. The molecule has 1 heterocycles. The van der Waals surface area contributed by atoms with Gasteiger partial charge in [0.2, 0.25) is 0 Å². The number of amidine groups is 1. The van der Waals surface area contributed by atoms with Crippen LogP contribution in [0.5, 0.6) is 0 Å². The molecule has 0 fully saturated rings. The van der Waals surface area contributed by atoms with Gasteiger partial charge in [-0.15, -0.1) is 0 Å². The zero-order valence-corrected chi connectivity index (χ0v) is 20.5. The Kier molecular flexibility index (Phi) is 10.2. The van der Waals surface area contributed by atoms with Gasteiger partial charge in [-0.1, -0.05) is 29.3 Å². The molecule has 0 aliphatic carbocycles. The molecule has 0 saturated heterocycles. The number of nitrogens with two attached hydrogens (primary N) is 2. The summed E-state index contributed by atoms with van der Waals surface area (Å²) < 4.78 is 18.4. The highest BCUT2D eigenvalue weighted by Gasteiger charge is 2.22. The van der Waals surface area contributed by atoms with Crippen molar-refractivity contribution in [2.24, 2.45) is 21.5 Å². The van der Waals surface area contributed by atoms with E-state index in [0.29, 0.717) is 32.7 Å². The molecule has 0 unspecified atom stereocenters. The fraction of sp³-hybridized carbons (Fsp3) is 0.182. The van der Waals surface area contributed by atoms with Crippen molar-refractivity contribution in [1.82, 2.24) is 4.90 Å². The number of nitrogens with zero attached hydrogens (tertiary/aromatic N) is 3. The van der Waals surface area contributed by atoms with E-state index < -0.39 is 5.82 Å². The molecule has 0 spiro atoms. The molecular weight excluding hydrogens is 486 g/mol. The van der Waals surface area contributed by atoms with Crippen LogP contribution in [0.15, 0.2) is 63.3 Å². The van der Waals surface area contributed by atoms with Crippen molar-refractivity contribution in [3.63, 3.8) is 0 Å². The predicted molar refractivity (Wildman–Crippen MR) is 138 cm³/mol. The lowest BCUT2D eigenvalue weighted by Gasteiger charge is -2.26. The highest BCUT2D eigenvalue weighted by atomic mass is 35.5. The summed E-state index contributed by atoms with van der Waals surface area (Å²) >= 11 is 13.5. The third-order valence-corrected chi connectivity index (χ3v) is 6.13. The van der Waals surface area contributed by atoms with Gasteiger partial charge in [-0.25, -0.2) is 9.38 Å². The smallest absolute Gasteiger partial charge is 0.156 e. The van der Waals surface area contributed by atoms with Crippen LogP contribution in [0.2, 0.25) is 10.0 Å². The van der Waals surface area contributed by atoms with Gasteiger partial charge in [0.1, 0.15) is 11.5 Å². The van der Waals surface area contributed by atoms with E-state index in [0.717, 1.165) is 11.9 Å². The predicted octanol–water partition coefficient (Wildman–Crippen LogP) is 4.85. The summed E-state index contributed by atoms with van der Waals surface area (Å²) in [7, 11) is 1.50. The van der Waals surface area contributed by atoms with Crippen molar-refractivity contribution in [3.05, 3.63) is 75.4 Å². The second kappa shape index (κ2) is 12.6. The highest BCUT2D eigenvalue weighted by Crippen LogP contribution is 2.36. The number of aliphatic hydroxyl groups is 1. The first-order valence-electron chi connectivity index (χ1n) is 9.77. The fourth-order valence-electron chi connectivity index (χ4n) is 3.00. The third-order valence-electron chi connectivity index (χ3n) is 4.49. The summed E-state index contributed by atoms with van der Waals surface area (Å²) in [6, 6.07) is 8.07. The summed E-state index contributed by atoms with van der Waals surface area (Å²) in [4.78, 5) is 10.5. The molecule has 33 heavy (non-hydrogen) atoms. The van der Waals surface area contributed by atoms with Crippen LogP contribution in [0.1, 0.15) is 18.1 Å². The topological polar surface area (TPSA) is 112 Å². The maximum atomic E-state index is 15.4. The first kappa shape index (κ1) is 26.7. The van der Waals surface area contributed by atoms with E-state index in [-0.39, 0.29) is 29.4 Å². The number of hydrogen-bond acceptors (Lipinski definition) is 8. The van der Waals surface area contributed by atoms with E-state index in [1.807, 2.05) is 11.8 Å². The van der Waals surface area contributed by atoms with E-state index in [1.165, 1.54) is 7.05 Å². The normalized spacial score (nSPS) is 14.3. The number of aliphatic hydroxyl groups excluding tert-OH is 1. The monoisotopic (exact) mass is 510 g/mol. The van der Waals surface area contributed by atoms with E-state index >= 15 is 4.39 Å². The number of likely N-dealkylation sites (N-methyl/N-ethyl adjacent to an activating group) is 1. The van der Waals surface area contributed by atoms with Crippen LogP contribution in [-0.4, -0.2) is 36.2 Å². The molecule has 3 rings (SSSR count). The van der Waals surface area contributed by atoms with E-state index in [4.69, 9.17) is 28.9 Å². The summed E-state index contributed by atoms with van der Waals surface area (Å²) in [5.41, 5.74) is 12.2. The molecule has 176 valence electrons. The average molecular weight is 511 g/mol. The van der Waals surface area contributed by atoms with Crippen LogP contribution in [0.3, 0.4) is 0 Å². The lowest BCUT2D eigenvalue weighted by molar-refractivity contribution is 0.281. The first-order chi connectivity index (χ1) is 15.9. The summed E-state index contributed by atoms with van der Waals surface area (Å²) in [5, 5.41) is 10.2. The summed E-state index contributed by atoms with van der Waals surface area (Å²) in [5.74, 6) is -0.315. The minimum absolute atomic E-state index is 0.204. The number of halogens is 3. The zero-order valence-electron chi connectivity index (χ0n) is 18.1. The SMILES string of the molecule is C=N/C(=C1/C(N)=NC=CN1CC)c1cccc(NSc2cc(Cl)cc(CO)c2Cl)c1F.CN. The Labute approximate surface area is 206 Å². The standard InChI is InChI=1S/C21H20Cl2FN5OS.CH5N/c1-3-29-8-7-27-21(25)20(29)19(26-2)14-5-4-6-15(18(14)24)28-31-16-10-13(22)9-12(11-30)17(16)23;1-2/h4-10,28,30H,2-3,11H2,1H3,(H2,25,27);2H2,1H3/b20-19-;. The van der Waals surface area contributed by atoms with Crippen LogP contribution in [0, 0.1) is 5.82 Å². The van der Waals surface area contributed by atoms with Crippen molar-refractivity contribution in [1.29, 1.82) is 0 Å². The first-order valence-corrected chi connectivity index (χ1v) is 11.3. The van der Waals surface area contributed by atoms with Gasteiger partial charge in [0.15, 0.2) is 5.82 Å². The lowest BCUT2D eigenvalue weighted by Crippen LogP contribution is -2.31. The maximum Gasteiger partial charge on any atom is 0.156 e. The molecule has 7 nitrogen and oxygen atoms in total. The third kappa shape index (κ3) is 6.07. The van der Waals surface area contributed by atoms with Gasteiger partial charge in [-0.3, -0.25) is 4.99 Å². The molecule has 6 N–H and O–H groups in total. The molecule has 2 aromatic rings. The Morgan fingerprint density at radius 2 is 2.06 bits per heavy atom. The van der Waals surface area contributed by atoms with Crippen molar-refractivity contribution in [2.75, 3.05) is 18.3 Å². The molecule has 0 atom stereocenters. The van der Waals surface area contributed by atoms with Crippen molar-refractivity contribution < 1.29 is 9.50 Å². The lowest BCUT2D eigenvalue weighted by atomic mass is 10.1. The Hall–Kier alpha value is -2.56. The molecule has 11 heteroatoms. The zero-order chi connectivity index (χ0) is 24.5. The van der Waals surface area contributed by atoms with Gasteiger partial charge in [0, 0.05) is 34.4 Å². The number of aliphatic imine (C=N–C) groups is 2. The molecule has 0 amide bonds. The largest absolute Gasteiger partial charge is 0.392 e. The van der Waals surface area contributed by atoms with Crippen molar-refractivity contribution >= 4 is 59.1 Å². The Balaban J connectivity index is 0.00000187. The van der Waals surface area contributed by atoms with Crippen molar-refractivity contribution in [2.45, 2.75) is 18.4 Å². The van der Waals surface area contributed by atoms with Crippen LogP contribution >= 0.6 is 35.1 Å². The fourth-order valence-corrected chi connectivity index (χ4v) is 4.37. The highest BCUT2D eigenvalue weighted by molar-refractivity contribution is 8.00. The minimum atomic E-state index is -0.538. The molecular formula is C22H25Cl2FN6OS. The second-order valence-electron chi connectivity index (χ2n) is 6.36. The van der Waals surface area contributed by atoms with Crippen LogP contribution < -0.4 is 16.2 Å². The van der Waals surface area contributed by atoms with E-state index in [1.54, 1.807) is 42.7 Å². The molecule has 2 aromatic carbocycles. The van der Waals surface area contributed by atoms with Crippen LogP contribution in [-0.2, 0) is 6.61 Å². The van der Waals surface area contributed by atoms with E-state index in [9.17, 15) is 5.11 Å². The van der Waals surface area contributed by atoms with Gasteiger partial charge in [0.05, 0.1) is 23.0 Å². The number of benzene rings is 2. The quantitative estimate of drug-likeness (QED) is 0.312. The number of nitrogens with one attached hydrogen (secondary N) is 1. The molecule has 0 saturated carbocycles. The molecule has 1 aliphatic heterocycles. The summed E-state index contributed by atoms with van der Waals surface area (Å²) in [6.45, 7) is 5.87. The van der Waals surface area contributed by atoms with Gasteiger partial charge in [-0.2, -0.15) is 0 Å². The minimum Gasteiger partial charge on any atom is -0.392 e. The van der Waals surface area contributed by atoms with E-state index in [2.05, 4.69) is 27.2 Å². The molecule has 1 aliphatic rings. The van der Waals surface area contributed by atoms with Gasteiger partial charge in [-0.05, 0) is 62.5 Å². The second-order valence-corrected chi connectivity index (χ2v) is 8.02. The van der Waals surface area contributed by atoms with Crippen LogP contribution in [0.4, 0.5) is 10.1 Å². The molecule has 0 radical (unpaired) electrons.